The second kappa shape index (κ2) is 12.8. The molecule has 3 N–H and O–H groups in total. The van der Waals surface area contributed by atoms with Crippen molar-refractivity contribution >= 4 is 23.2 Å². The Labute approximate surface area is 247 Å². The summed E-state index contributed by atoms with van der Waals surface area (Å²) >= 11 is 6.23. The van der Waals surface area contributed by atoms with Crippen LogP contribution in [0.4, 0.5) is 0 Å². The van der Waals surface area contributed by atoms with Crippen molar-refractivity contribution in [2.75, 3.05) is 26.3 Å². The molecule has 3 aromatic rings. The van der Waals surface area contributed by atoms with Gasteiger partial charge in [-0.1, -0.05) is 29.8 Å². The second-order valence-electron chi connectivity index (χ2n) is 11.3. The molecule has 0 radical (unpaired) electrons. The van der Waals surface area contributed by atoms with Gasteiger partial charge in [-0.25, -0.2) is 0 Å². The van der Waals surface area contributed by atoms with Crippen LogP contribution in [0.3, 0.4) is 0 Å². The van der Waals surface area contributed by atoms with Crippen LogP contribution in [0.2, 0.25) is 5.02 Å². The molecule has 1 aromatic heterocycles. The van der Waals surface area contributed by atoms with E-state index in [0.29, 0.717) is 37.2 Å². The highest BCUT2D eigenvalue weighted by Crippen LogP contribution is 2.35. The number of aromatic nitrogens is 3. The smallest absolute Gasteiger partial charge is 0.222 e. The molecule has 2 aromatic carbocycles. The summed E-state index contributed by atoms with van der Waals surface area (Å²) in [6, 6.07) is 13.3. The molecule has 41 heavy (non-hydrogen) atoms. The zero-order valence-electron chi connectivity index (χ0n) is 24.8. The molecule has 0 aliphatic carbocycles. The van der Waals surface area contributed by atoms with Gasteiger partial charge in [0.15, 0.2) is 5.82 Å². The van der Waals surface area contributed by atoms with Gasteiger partial charge in [-0.05, 0) is 84.3 Å². The fourth-order valence-corrected chi connectivity index (χ4v) is 5.13. The van der Waals surface area contributed by atoms with E-state index in [1.807, 2.05) is 70.4 Å². The number of hydrogen-bond acceptors (Lipinski definition) is 7. The Kier molecular flexibility index (Phi) is 9.64. The van der Waals surface area contributed by atoms with Crippen LogP contribution in [0, 0.1) is 6.92 Å². The van der Waals surface area contributed by atoms with Crippen molar-refractivity contribution in [3.8, 4) is 5.69 Å². The molecule has 1 aliphatic heterocycles. The van der Waals surface area contributed by atoms with Gasteiger partial charge in [0.2, 0.25) is 5.91 Å². The van der Waals surface area contributed by atoms with Crippen molar-refractivity contribution in [1.29, 1.82) is 0 Å². The van der Waals surface area contributed by atoms with Crippen molar-refractivity contribution in [2.24, 2.45) is 10.7 Å². The summed E-state index contributed by atoms with van der Waals surface area (Å²) in [5, 5.41) is 12.3. The minimum atomic E-state index is -0.612. The molecule has 9 nitrogen and oxygen atoms in total. The number of hydrogen-bond donors (Lipinski definition) is 2. The molecule has 0 bridgehead atoms. The van der Waals surface area contributed by atoms with E-state index >= 15 is 0 Å². The first-order chi connectivity index (χ1) is 19.5. The average Bonchev–Trinajstić information content (AvgIpc) is 3.24. The van der Waals surface area contributed by atoms with Crippen LogP contribution in [-0.4, -0.2) is 58.3 Å². The van der Waals surface area contributed by atoms with Crippen molar-refractivity contribution in [3.05, 3.63) is 75.8 Å². The van der Waals surface area contributed by atoms with E-state index in [1.54, 1.807) is 0 Å². The highest BCUT2D eigenvalue weighted by molar-refractivity contribution is 6.30. The average molecular weight is 581 g/mol. The summed E-state index contributed by atoms with van der Waals surface area (Å²) in [6.45, 7) is 14.0. The highest BCUT2D eigenvalue weighted by atomic mass is 35.5. The Morgan fingerprint density at radius 1 is 1.07 bits per heavy atom. The summed E-state index contributed by atoms with van der Waals surface area (Å²) in [5.74, 6) is 1.25. The van der Waals surface area contributed by atoms with E-state index in [2.05, 4.69) is 33.7 Å². The number of nitrogens with zero attached hydrogens (tertiary/aromatic N) is 4. The molecule has 0 unspecified atom stereocenters. The van der Waals surface area contributed by atoms with Crippen molar-refractivity contribution in [1.82, 2.24) is 20.1 Å². The fourth-order valence-electron chi connectivity index (χ4n) is 5.01. The quantitative estimate of drug-likeness (QED) is 0.290. The Morgan fingerprint density at radius 2 is 1.78 bits per heavy atom. The second-order valence-corrected chi connectivity index (χ2v) is 11.8. The van der Waals surface area contributed by atoms with Crippen LogP contribution < -0.4 is 11.1 Å². The van der Waals surface area contributed by atoms with Gasteiger partial charge in [0.05, 0.1) is 42.2 Å². The number of carbonyl (C=O) groups is 1. The number of ether oxygens (including phenoxy) is 2. The first kappa shape index (κ1) is 30.8. The monoisotopic (exact) mass is 580 g/mol. The number of aryl methyl sites for hydroxylation is 1. The lowest BCUT2D eigenvalue weighted by Crippen LogP contribution is -2.31. The van der Waals surface area contributed by atoms with Crippen LogP contribution >= 0.6 is 11.6 Å². The lowest BCUT2D eigenvalue weighted by molar-refractivity contribution is -0.121. The largest absolute Gasteiger partial charge is 0.373 e. The van der Waals surface area contributed by atoms with Gasteiger partial charge < -0.3 is 20.5 Å². The zero-order chi connectivity index (χ0) is 29.8. The molecule has 1 aliphatic rings. The van der Waals surface area contributed by atoms with E-state index in [1.165, 1.54) is 0 Å². The van der Waals surface area contributed by atoms with Crippen molar-refractivity contribution in [3.63, 3.8) is 0 Å². The molecule has 10 heteroatoms. The van der Waals surface area contributed by atoms with E-state index in [4.69, 9.17) is 31.8 Å². The highest BCUT2D eigenvalue weighted by Gasteiger charge is 2.31. The number of rotatable bonds is 12. The van der Waals surface area contributed by atoms with Crippen LogP contribution in [0.25, 0.3) is 5.69 Å². The van der Waals surface area contributed by atoms with Crippen LogP contribution in [-0.2, 0) is 19.9 Å². The lowest BCUT2D eigenvalue weighted by Gasteiger charge is -2.29. The molecular weight excluding hydrogens is 540 g/mol. The molecule has 4 rings (SSSR count). The maximum Gasteiger partial charge on any atom is 0.222 e. The van der Waals surface area contributed by atoms with Gasteiger partial charge in [-0.15, -0.1) is 10.2 Å². The van der Waals surface area contributed by atoms with Gasteiger partial charge in [0, 0.05) is 22.7 Å². The van der Waals surface area contributed by atoms with Crippen molar-refractivity contribution in [2.45, 2.75) is 71.6 Å². The molecule has 0 fully saturated rings. The SMILES string of the molecule is CCNC(=O)C[C@@H]1N=C(c2ccc(Cl)cc2)c2cc(C(C)(C)OCCOC(C)(C)CCN)ccc2-n2c(C)nnc21. The summed E-state index contributed by atoms with van der Waals surface area (Å²) < 4.78 is 14.4. The predicted molar refractivity (Wildman–Crippen MR) is 162 cm³/mol. The number of amides is 1. The first-order valence-corrected chi connectivity index (χ1v) is 14.5. The molecule has 1 atom stereocenters. The Bertz CT molecular complexity index is 1400. The van der Waals surface area contributed by atoms with E-state index in [0.717, 1.165) is 40.3 Å². The molecule has 220 valence electrons. The zero-order valence-corrected chi connectivity index (χ0v) is 25.6. The van der Waals surface area contributed by atoms with Crippen LogP contribution in [0.1, 0.15) is 81.8 Å². The third-order valence-corrected chi connectivity index (χ3v) is 7.53. The number of nitrogens with one attached hydrogen (secondary N) is 1. The minimum Gasteiger partial charge on any atom is -0.373 e. The van der Waals surface area contributed by atoms with E-state index in [-0.39, 0.29) is 17.9 Å². The Morgan fingerprint density at radius 3 is 2.46 bits per heavy atom. The maximum absolute atomic E-state index is 12.7. The van der Waals surface area contributed by atoms with Gasteiger partial charge in [0.1, 0.15) is 11.9 Å². The molecule has 0 saturated heterocycles. The molecule has 1 amide bonds. The molecule has 0 saturated carbocycles. The van der Waals surface area contributed by atoms with Crippen molar-refractivity contribution < 1.29 is 14.3 Å². The predicted octanol–water partition coefficient (Wildman–Crippen LogP) is 5.04. The summed E-state index contributed by atoms with van der Waals surface area (Å²) in [7, 11) is 0. The topological polar surface area (TPSA) is 117 Å². The molecule has 2 heterocycles. The van der Waals surface area contributed by atoms with Gasteiger partial charge in [-0.3, -0.25) is 14.4 Å². The van der Waals surface area contributed by atoms with Gasteiger partial charge in [0.25, 0.3) is 0 Å². The standard InChI is InChI=1S/C31H41ClN6O3/c1-7-34-27(39)19-25-29-37-36-20(2)38(29)26-13-10-22(31(5,6)41-17-16-40-30(3,4)14-15-33)18-24(26)28(35-25)21-8-11-23(32)12-9-21/h8-13,18,25H,7,14-17,19,33H2,1-6H3,(H,34,39)/t25-/m0/s1. The van der Waals surface area contributed by atoms with Gasteiger partial charge in [-0.2, -0.15) is 0 Å². The summed E-state index contributed by atoms with van der Waals surface area (Å²) in [4.78, 5) is 17.9. The van der Waals surface area contributed by atoms with E-state index < -0.39 is 11.6 Å². The van der Waals surface area contributed by atoms with E-state index in [9.17, 15) is 4.79 Å². The minimum absolute atomic E-state index is 0.0954. The number of carbonyl (C=O) groups excluding carboxylic acids is 1. The Balaban J connectivity index is 1.75. The number of benzene rings is 2. The number of aliphatic imine (C=N–C) groups is 1. The third kappa shape index (κ3) is 7.22. The maximum atomic E-state index is 12.7. The number of nitrogens with two attached hydrogens (primary N) is 1. The fraction of sp³-hybridized carbons (Fsp3) is 0.484. The Hall–Kier alpha value is -3.11. The lowest BCUT2D eigenvalue weighted by atomic mass is 9.92. The normalized spacial score (nSPS) is 15.1. The molecular formula is C31H41ClN6O3. The third-order valence-electron chi connectivity index (χ3n) is 7.28. The number of fused-ring (bicyclic) bond motifs is 3. The van der Waals surface area contributed by atoms with Crippen LogP contribution in [0.15, 0.2) is 47.5 Å². The first-order valence-electron chi connectivity index (χ1n) is 14.1. The summed E-state index contributed by atoms with van der Waals surface area (Å²) in [6.07, 6.45) is 0.929. The van der Waals surface area contributed by atoms with Crippen LogP contribution in [0.5, 0.6) is 0 Å². The number of halogens is 1. The summed E-state index contributed by atoms with van der Waals surface area (Å²) in [5.41, 5.74) is 9.21. The molecule has 0 spiro atoms. The van der Waals surface area contributed by atoms with Gasteiger partial charge >= 0.3 is 0 Å².